The van der Waals surface area contributed by atoms with Gasteiger partial charge in [-0.3, -0.25) is 9.69 Å². The van der Waals surface area contributed by atoms with Crippen molar-refractivity contribution in [1.82, 2.24) is 10.2 Å². The number of rotatable bonds is 4. The van der Waals surface area contributed by atoms with Crippen molar-refractivity contribution in [1.29, 1.82) is 0 Å². The minimum Gasteiger partial charge on any atom is -0.387 e. The van der Waals surface area contributed by atoms with E-state index in [9.17, 15) is 9.90 Å². The molecule has 0 bridgehead atoms. The van der Waals surface area contributed by atoms with Crippen LogP contribution in [0, 0.1) is 5.92 Å². The molecule has 1 aliphatic heterocycles. The number of aliphatic hydroxyl groups is 1. The molecular weight excluding hydrogens is 180 g/mol. The topological polar surface area (TPSA) is 52.6 Å². The average Bonchev–Trinajstić information content (AvgIpc) is 2.82. The Labute approximate surface area is 84.3 Å². The van der Waals surface area contributed by atoms with Crippen LogP contribution in [0.4, 0.5) is 0 Å². The van der Waals surface area contributed by atoms with Crippen molar-refractivity contribution >= 4 is 5.91 Å². The number of likely N-dealkylation sites (tertiary alicyclic amines) is 1. The normalized spacial score (nSPS) is 25.6. The summed E-state index contributed by atoms with van der Waals surface area (Å²) in [5.41, 5.74) is -0.393. The quantitative estimate of drug-likeness (QED) is 0.645. The molecule has 1 saturated carbocycles. The highest BCUT2D eigenvalue weighted by molar-refractivity contribution is 5.72. The molecule has 14 heavy (non-hydrogen) atoms. The Morgan fingerprint density at radius 1 is 1.57 bits per heavy atom. The first kappa shape index (κ1) is 9.93. The Kier molecular flexibility index (Phi) is 2.49. The molecule has 0 radical (unpaired) electrons. The minimum atomic E-state index is -0.393. The molecule has 2 N–H and O–H groups in total. The number of β-amino-alcohol motifs (C(OH)–C–C–N with tert-alkyl or cyclic N) is 1. The second kappa shape index (κ2) is 3.51. The molecule has 0 aromatic carbocycles. The summed E-state index contributed by atoms with van der Waals surface area (Å²) >= 11 is 0. The van der Waals surface area contributed by atoms with Gasteiger partial charge >= 0.3 is 0 Å². The van der Waals surface area contributed by atoms with Crippen LogP contribution in [0.5, 0.6) is 0 Å². The number of carbonyl (C=O) groups is 1. The van der Waals surface area contributed by atoms with Crippen molar-refractivity contribution in [3.63, 3.8) is 0 Å². The van der Waals surface area contributed by atoms with E-state index in [1.165, 1.54) is 19.8 Å². The van der Waals surface area contributed by atoms with Crippen LogP contribution in [0.25, 0.3) is 0 Å². The lowest BCUT2D eigenvalue weighted by Crippen LogP contribution is -2.63. The largest absolute Gasteiger partial charge is 0.387 e. The van der Waals surface area contributed by atoms with Crippen molar-refractivity contribution in [2.75, 3.05) is 26.2 Å². The third kappa shape index (κ3) is 2.07. The Bertz CT molecular complexity index is 232. The Hall–Kier alpha value is -0.610. The molecule has 1 saturated heterocycles. The molecule has 1 amide bonds. The van der Waals surface area contributed by atoms with E-state index in [2.05, 4.69) is 10.2 Å². The van der Waals surface area contributed by atoms with Gasteiger partial charge in [0.25, 0.3) is 0 Å². The highest BCUT2D eigenvalue weighted by Crippen LogP contribution is 2.44. The van der Waals surface area contributed by atoms with Crippen LogP contribution in [0.15, 0.2) is 0 Å². The number of amides is 1. The van der Waals surface area contributed by atoms with E-state index in [1.54, 1.807) is 0 Å². The number of hydrogen-bond donors (Lipinski definition) is 2. The highest BCUT2D eigenvalue weighted by Gasteiger charge is 2.51. The lowest BCUT2D eigenvalue weighted by atomic mass is 9.89. The van der Waals surface area contributed by atoms with Gasteiger partial charge in [-0.15, -0.1) is 0 Å². The molecule has 0 aromatic rings. The summed E-state index contributed by atoms with van der Waals surface area (Å²) in [5, 5.41) is 12.8. The Morgan fingerprint density at radius 2 is 2.21 bits per heavy atom. The zero-order valence-electron chi connectivity index (χ0n) is 8.62. The molecule has 1 heterocycles. The first-order valence-corrected chi connectivity index (χ1v) is 5.29. The van der Waals surface area contributed by atoms with Gasteiger partial charge in [0, 0.05) is 33.1 Å². The summed E-state index contributed by atoms with van der Waals surface area (Å²) in [6.07, 6.45) is 2.38. The van der Waals surface area contributed by atoms with E-state index in [0.717, 1.165) is 19.6 Å². The maximum absolute atomic E-state index is 10.6. The van der Waals surface area contributed by atoms with Crippen LogP contribution >= 0.6 is 0 Å². The maximum Gasteiger partial charge on any atom is 0.216 e. The lowest BCUT2D eigenvalue weighted by molar-refractivity contribution is -0.121. The predicted molar refractivity (Wildman–Crippen MR) is 52.8 cm³/mol. The number of nitrogens with zero attached hydrogens (tertiary/aromatic N) is 1. The fourth-order valence-corrected chi connectivity index (χ4v) is 2.16. The summed E-state index contributed by atoms with van der Waals surface area (Å²) in [4.78, 5) is 12.8. The van der Waals surface area contributed by atoms with Gasteiger partial charge in [-0.05, 0) is 18.8 Å². The third-order valence-electron chi connectivity index (χ3n) is 3.13. The SMILES string of the molecule is CC(=O)NCCN1CC(O)(C2CC2)C1. The molecule has 0 unspecified atom stereocenters. The summed E-state index contributed by atoms with van der Waals surface area (Å²) in [5.74, 6) is 0.572. The molecule has 4 heteroatoms. The Balaban J connectivity index is 1.60. The van der Waals surface area contributed by atoms with Crippen LogP contribution in [0.2, 0.25) is 0 Å². The van der Waals surface area contributed by atoms with Crippen LogP contribution in [0.3, 0.4) is 0 Å². The van der Waals surface area contributed by atoms with Gasteiger partial charge in [-0.25, -0.2) is 0 Å². The highest BCUT2D eigenvalue weighted by atomic mass is 16.3. The smallest absolute Gasteiger partial charge is 0.216 e. The second-order valence-corrected chi connectivity index (χ2v) is 4.57. The molecule has 2 rings (SSSR count). The molecule has 4 nitrogen and oxygen atoms in total. The predicted octanol–water partition coefficient (Wildman–Crippen LogP) is -0.421. The van der Waals surface area contributed by atoms with Crippen molar-refractivity contribution in [3.05, 3.63) is 0 Å². The lowest BCUT2D eigenvalue weighted by Gasteiger charge is -2.47. The zero-order chi connectivity index (χ0) is 10.2. The number of carbonyl (C=O) groups excluding carboxylic acids is 1. The van der Waals surface area contributed by atoms with Crippen molar-refractivity contribution in [2.45, 2.75) is 25.4 Å². The van der Waals surface area contributed by atoms with E-state index >= 15 is 0 Å². The summed E-state index contributed by atoms with van der Waals surface area (Å²) in [6.45, 7) is 4.65. The monoisotopic (exact) mass is 198 g/mol. The number of nitrogens with one attached hydrogen (secondary N) is 1. The molecule has 2 aliphatic rings. The molecule has 2 fully saturated rings. The van der Waals surface area contributed by atoms with Gasteiger partial charge in [0.2, 0.25) is 5.91 Å². The Morgan fingerprint density at radius 3 is 2.71 bits per heavy atom. The first-order chi connectivity index (χ1) is 6.60. The summed E-state index contributed by atoms with van der Waals surface area (Å²) < 4.78 is 0. The van der Waals surface area contributed by atoms with Gasteiger partial charge in [-0.2, -0.15) is 0 Å². The minimum absolute atomic E-state index is 0.0166. The zero-order valence-corrected chi connectivity index (χ0v) is 8.62. The maximum atomic E-state index is 10.6. The summed E-state index contributed by atoms with van der Waals surface area (Å²) in [6, 6.07) is 0. The number of hydrogen-bond acceptors (Lipinski definition) is 3. The van der Waals surface area contributed by atoms with Crippen LogP contribution in [-0.4, -0.2) is 47.7 Å². The van der Waals surface area contributed by atoms with Gasteiger partial charge in [0.1, 0.15) is 0 Å². The summed E-state index contributed by atoms with van der Waals surface area (Å²) in [7, 11) is 0. The molecule has 0 atom stereocenters. The van der Waals surface area contributed by atoms with Crippen LogP contribution in [0.1, 0.15) is 19.8 Å². The average molecular weight is 198 g/mol. The van der Waals surface area contributed by atoms with E-state index in [1.807, 2.05) is 0 Å². The van der Waals surface area contributed by atoms with Crippen molar-refractivity contribution in [3.8, 4) is 0 Å². The van der Waals surface area contributed by atoms with E-state index in [4.69, 9.17) is 0 Å². The van der Waals surface area contributed by atoms with Crippen molar-refractivity contribution < 1.29 is 9.90 Å². The van der Waals surface area contributed by atoms with Crippen LogP contribution < -0.4 is 5.32 Å². The van der Waals surface area contributed by atoms with E-state index in [-0.39, 0.29) is 5.91 Å². The van der Waals surface area contributed by atoms with Gasteiger partial charge in [0.15, 0.2) is 0 Å². The van der Waals surface area contributed by atoms with E-state index in [0.29, 0.717) is 12.5 Å². The van der Waals surface area contributed by atoms with E-state index < -0.39 is 5.60 Å². The van der Waals surface area contributed by atoms with Gasteiger partial charge < -0.3 is 10.4 Å². The molecule has 0 aromatic heterocycles. The second-order valence-electron chi connectivity index (χ2n) is 4.57. The molecule has 80 valence electrons. The fraction of sp³-hybridized carbons (Fsp3) is 0.900. The van der Waals surface area contributed by atoms with Gasteiger partial charge in [-0.1, -0.05) is 0 Å². The molecular formula is C10H18N2O2. The van der Waals surface area contributed by atoms with Crippen molar-refractivity contribution in [2.24, 2.45) is 5.92 Å². The molecule has 1 aliphatic carbocycles. The first-order valence-electron chi connectivity index (χ1n) is 5.29. The van der Waals surface area contributed by atoms with Gasteiger partial charge in [0.05, 0.1) is 5.60 Å². The standard InChI is InChI=1S/C10H18N2O2/c1-8(13)11-4-5-12-6-10(14,7-12)9-2-3-9/h9,14H,2-7H2,1H3,(H,11,13). The fourth-order valence-electron chi connectivity index (χ4n) is 2.16. The van der Waals surface area contributed by atoms with Crippen LogP contribution in [-0.2, 0) is 4.79 Å². The third-order valence-corrected chi connectivity index (χ3v) is 3.13. The molecule has 0 spiro atoms.